The van der Waals surface area contributed by atoms with Gasteiger partial charge in [-0.05, 0) is 29.3 Å². The molecule has 25 heavy (non-hydrogen) atoms. The number of rotatable bonds is 2. The van der Waals surface area contributed by atoms with Gasteiger partial charge in [-0.1, -0.05) is 0 Å². The molecule has 0 atom stereocenters. The first-order valence-electron chi connectivity index (χ1n) is 7.35. The first-order chi connectivity index (χ1) is 11.7. The van der Waals surface area contributed by atoms with E-state index in [4.69, 9.17) is 5.14 Å². The lowest BCUT2D eigenvalue weighted by Gasteiger charge is -2.22. The first kappa shape index (κ1) is 17.4. The van der Waals surface area contributed by atoms with Crippen LogP contribution in [0.3, 0.4) is 0 Å². The number of hydrogen-bond donors (Lipinski definition) is 1. The molecule has 10 heteroatoms. The third-order valence-corrected chi connectivity index (χ3v) is 5.16. The summed E-state index contributed by atoms with van der Waals surface area (Å²) < 4.78 is 41.3. The van der Waals surface area contributed by atoms with E-state index >= 15 is 0 Å². The van der Waals surface area contributed by atoms with Gasteiger partial charge in [-0.2, -0.15) is 0 Å². The third kappa shape index (κ3) is 3.22. The molecule has 2 N–H and O–H groups in total. The Labute approximate surface area is 143 Å². The van der Waals surface area contributed by atoms with Crippen molar-refractivity contribution in [3.8, 4) is 0 Å². The summed E-state index contributed by atoms with van der Waals surface area (Å²) in [6.45, 7) is 1.33. The smallest absolute Gasteiger partial charge is 0.410 e. The number of amides is 2. The highest BCUT2D eigenvalue weighted by Crippen LogP contribution is 2.27. The molecular weight excluding hydrogens is 353 g/mol. The van der Waals surface area contributed by atoms with Crippen LogP contribution in [0.4, 0.5) is 9.18 Å². The van der Waals surface area contributed by atoms with Crippen LogP contribution in [-0.2, 0) is 14.8 Å². The van der Waals surface area contributed by atoms with Gasteiger partial charge in [0.25, 0.3) is 5.91 Å². The van der Waals surface area contributed by atoms with E-state index in [-0.39, 0.29) is 18.7 Å². The topological polar surface area (TPSA) is 110 Å². The summed E-state index contributed by atoms with van der Waals surface area (Å²) in [5.41, 5.74) is 1.64. The molecule has 0 aliphatic carbocycles. The fourth-order valence-corrected chi connectivity index (χ4v) is 3.52. The van der Waals surface area contributed by atoms with Crippen molar-refractivity contribution in [2.24, 2.45) is 5.14 Å². The Bertz CT molecular complexity index is 878. The molecule has 1 aromatic carbocycles. The Hall–Kier alpha value is -2.46. The number of nitrogens with two attached hydrogens (primary N) is 1. The van der Waals surface area contributed by atoms with Gasteiger partial charge < -0.3 is 14.5 Å². The molecule has 8 nitrogen and oxygen atoms in total. The monoisotopic (exact) mass is 369 g/mol. The molecule has 0 radical (unpaired) electrons. The van der Waals surface area contributed by atoms with Gasteiger partial charge in [0.05, 0.1) is 17.6 Å². The van der Waals surface area contributed by atoms with E-state index in [1.165, 1.54) is 16.9 Å². The first-order valence-corrected chi connectivity index (χ1v) is 8.89. The number of halogens is 1. The second-order valence-corrected chi connectivity index (χ2v) is 7.44. The normalized spacial score (nSPS) is 17.1. The summed E-state index contributed by atoms with van der Waals surface area (Å²) in [6.07, 6.45) is -0.433. The van der Waals surface area contributed by atoms with Crippen molar-refractivity contribution >= 4 is 22.0 Å². The zero-order chi connectivity index (χ0) is 18.4. The maximum absolute atomic E-state index is 14.1. The molecule has 0 unspecified atom stereocenters. The SMILES string of the molecule is COC(=O)N1CC2=C(C1)CN(C(=O)c1ccc(S(N)(=O)=O)cc1F)C2. The zero-order valence-corrected chi connectivity index (χ0v) is 14.2. The highest BCUT2D eigenvalue weighted by Gasteiger charge is 2.35. The summed E-state index contributed by atoms with van der Waals surface area (Å²) in [6, 6.07) is 2.95. The fourth-order valence-electron chi connectivity index (χ4n) is 3.00. The second-order valence-electron chi connectivity index (χ2n) is 5.88. The number of hydrogen-bond acceptors (Lipinski definition) is 5. The molecule has 1 aromatic rings. The highest BCUT2D eigenvalue weighted by molar-refractivity contribution is 7.89. The molecule has 2 aliphatic heterocycles. The van der Waals surface area contributed by atoms with E-state index in [0.29, 0.717) is 13.1 Å². The molecule has 0 saturated carbocycles. The van der Waals surface area contributed by atoms with Gasteiger partial charge in [0.15, 0.2) is 0 Å². The molecule has 0 spiro atoms. The minimum absolute atomic E-state index is 0.224. The molecular formula is C15H16FN3O5S. The van der Waals surface area contributed by atoms with Gasteiger partial charge in [0.1, 0.15) is 5.82 Å². The van der Waals surface area contributed by atoms with Crippen LogP contribution >= 0.6 is 0 Å². The summed E-state index contributed by atoms with van der Waals surface area (Å²) in [5.74, 6) is -1.49. The lowest BCUT2D eigenvalue weighted by Crippen LogP contribution is -2.36. The summed E-state index contributed by atoms with van der Waals surface area (Å²) in [5, 5.41) is 4.95. The van der Waals surface area contributed by atoms with Gasteiger partial charge in [-0.3, -0.25) is 4.79 Å². The number of methoxy groups -OCH3 is 1. The fraction of sp³-hybridized carbons (Fsp3) is 0.333. The number of carbonyl (C=O) groups is 2. The second kappa shape index (κ2) is 6.12. The van der Waals surface area contributed by atoms with E-state index in [9.17, 15) is 22.4 Å². The van der Waals surface area contributed by atoms with E-state index < -0.39 is 32.7 Å². The largest absolute Gasteiger partial charge is 0.453 e. The number of primary sulfonamides is 1. The van der Waals surface area contributed by atoms with Gasteiger partial charge in [-0.25, -0.2) is 22.7 Å². The molecule has 134 valence electrons. The summed E-state index contributed by atoms with van der Waals surface area (Å²) in [4.78, 5) is 26.6. The van der Waals surface area contributed by atoms with Crippen LogP contribution in [0.1, 0.15) is 10.4 Å². The van der Waals surface area contributed by atoms with Gasteiger partial charge in [0, 0.05) is 26.2 Å². The summed E-state index contributed by atoms with van der Waals surface area (Å²) >= 11 is 0. The average Bonchev–Trinajstić information content (AvgIpc) is 3.11. The predicted octanol–water partition coefficient (Wildman–Crippen LogP) is 0.308. The van der Waals surface area contributed by atoms with Crippen LogP contribution in [-0.4, -0.2) is 63.5 Å². The summed E-state index contributed by atoms with van der Waals surface area (Å²) in [7, 11) is -2.74. The van der Waals surface area contributed by atoms with Crippen molar-refractivity contribution in [1.82, 2.24) is 9.80 Å². The van der Waals surface area contributed by atoms with Crippen molar-refractivity contribution in [3.63, 3.8) is 0 Å². The number of benzene rings is 1. The minimum atomic E-state index is -4.04. The van der Waals surface area contributed by atoms with Gasteiger partial charge >= 0.3 is 6.09 Å². The molecule has 2 heterocycles. The van der Waals surface area contributed by atoms with Crippen molar-refractivity contribution < 1.29 is 27.1 Å². The lowest BCUT2D eigenvalue weighted by molar-refractivity contribution is 0.0784. The van der Waals surface area contributed by atoms with E-state index in [1.54, 1.807) is 0 Å². The number of nitrogens with zero attached hydrogens (tertiary/aromatic N) is 2. The Morgan fingerprint density at radius 1 is 1.12 bits per heavy atom. The standard InChI is InChI=1S/C15H16FN3O5S/c1-24-15(21)19-7-9-5-18(6-10(9)8-19)14(20)12-3-2-11(4-13(12)16)25(17,22)23/h2-4H,5-8H2,1H3,(H2,17,22,23). The van der Waals surface area contributed by atoms with Gasteiger partial charge in [0.2, 0.25) is 10.0 Å². The molecule has 2 amide bonds. The highest BCUT2D eigenvalue weighted by atomic mass is 32.2. The Morgan fingerprint density at radius 2 is 1.68 bits per heavy atom. The molecule has 0 fully saturated rings. The minimum Gasteiger partial charge on any atom is -0.453 e. The predicted molar refractivity (Wildman–Crippen MR) is 84.7 cm³/mol. The maximum atomic E-state index is 14.1. The molecule has 0 aromatic heterocycles. The third-order valence-electron chi connectivity index (χ3n) is 4.25. The van der Waals surface area contributed by atoms with Crippen LogP contribution in [0, 0.1) is 5.82 Å². The molecule has 0 bridgehead atoms. The van der Waals surface area contributed by atoms with E-state index in [0.717, 1.165) is 29.3 Å². The van der Waals surface area contributed by atoms with E-state index in [1.807, 2.05) is 0 Å². The van der Waals surface area contributed by atoms with Crippen molar-refractivity contribution in [2.45, 2.75) is 4.90 Å². The van der Waals surface area contributed by atoms with Crippen LogP contribution in [0.5, 0.6) is 0 Å². The van der Waals surface area contributed by atoms with Crippen LogP contribution in [0.15, 0.2) is 34.2 Å². The quantitative estimate of drug-likeness (QED) is 0.755. The Kier molecular flexibility index (Phi) is 4.25. The Morgan fingerprint density at radius 3 is 2.16 bits per heavy atom. The van der Waals surface area contributed by atoms with Crippen LogP contribution < -0.4 is 5.14 Å². The molecule has 3 rings (SSSR count). The number of sulfonamides is 1. The molecule has 2 aliphatic rings. The number of carbonyl (C=O) groups excluding carboxylic acids is 2. The molecule has 0 saturated heterocycles. The Balaban J connectivity index is 1.72. The lowest BCUT2D eigenvalue weighted by atomic mass is 10.2. The zero-order valence-electron chi connectivity index (χ0n) is 13.4. The van der Waals surface area contributed by atoms with Crippen molar-refractivity contribution in [3.05, 3.63) is 40.7 Å². The van der Waals surface area contributed by atoms with E-state index in [2.05, 4.69) is 4.74 Å². The van der Waals surface area contributed by atoms with Gasteiger partial charge in [-0.15, -0.1) is 0 Å². The van der Waals surface area contributed by atoms with Crippen LogP contribution in [0.25, 0.3) is 0 Å². The van der Waals surface area contributed by atoms with Crippen molar-refractivity contribution in [2.75, 3.05) is 33.3 Å². The van der Waals surface area contributed by atoms with Crippen molar-refractivity contribution in [1.29, 1.82) is 0 Å². The average molecular weight is 369 g/mol. The number of ether oxygens (including phenoxy) is 1. The van der Waals surface area contributed by atoms with Crippen LogP contribution in [0.2, 0.25) is 0 Å². The maximum Gasteiger partial charge on any atom is 0.410 e.